The summed E-state index contributed by atoms with van der Waals surface area (Å²) in [6, 6.07) is 6.27. The van der Waals surface area contributed by atoms with E-state index in [4.69, 9.17) is 5.73 Å². The van der Waals surface area contributed by atoms with Gasteiger partial charge in [-0.15, -0.1) is 0 Å². The summed E-state index contributed by atoms with van der Waals surface area (Å²) >= 11 is 0. The first kappa shape index (κ1) is 10.7. The zero-order chi connectivity index (χ0) is 10.6. The average molecular weight is 195 g/mol. The molecule has 0 aliphatic carbocycles. The number of hydrogen-bond acceptors (Lipinski definition) is 1. The maximum atomic E-state index is 13.3. The van der Waals surface area contributed by atoms with Crippen molar-refractivity contribution >= 4 is 5.91 Å². The summed E-state index contributed by atoms with van der Waals surface area (Å²) in [6.07, 6.45) is 1.40. The minimum absolute atomic E-state index is 0.357. The van der Waals surface area contributed by atoms with Crippen molar-refractivity contribution in [2.24, 2.45) is 5.73 Å². The van der Waals surface area contributed by atoms with Crippen molar-refractivity contribution in [2.45, 2.75) is 25.7 Å². The summed E-state index contributed by atoms with van der Waals surface area (Å²) < 4.78 is 13.3. The van der Waals surface area contributed by atoms with E-state index in [1.54, 1.807) is 18.2 Å². The Balaban J connectivity index is 2.99. The molecule has 14 heavy (non-hydrogen) atoms. The molecule has 3 heteroatoms. The van der Waals surface area contributed by atoms with Gasteiger partial charge in [-0.3, -0.25) is 4.79 Å². The number of primary amides is 1. The number of amides is 1. The molecule has 0 spiro atoms. The Hall–Kier alpha value is -1.38. The van der Waals surface area contributed by atoms with E-state index in [0.717, 1.165) is 6.42 Å². The van der Waals surface area contributed by atoms with Crippen molar-refractivity contribution in [2.75, 3.05) is 0 Å². The van der Waals surface area contributed by atoms with E-state index < -0.39 is 11.8 Å². The summed E-state index contributed by atoms with van der Waals surface area (Å²) in [5.41, 5.74) is 5.62. The predicted octanol–water partition coefficient (Wildman–Crippen LogP) is 2.19. The number of hydrogen-bond donors (Lipinski definition) is 1. The van der Waals surface area contributed by atoms with Crippen LogP contribution in [-0.4, -0.2) is 5.91 Å². The fourth-order valence-electron chi connectivity index (χ4n) is 1.50. The van der Waals surface area contributed by atoms with Gasteiger partial charge in [-0.25, -0.2) is 4.39 Å². The summed E-state index contributed by atoms with van der Waals surface area (Å²) in [7, 11) is 0. The van der Waals surface area contributed by atoms with Gasteiger partial charge < -0.3 is 5.73 Å². The van der Waals surface area contributed by atoms with E-state index in [1.165, 1.54) is 6.07 Å². The molecule has 0 saturated heterocycles. The lowest BCUT2D eigenvalue weighted by Gasteiger charge is -2.12. The van der Waals surface area contributed by atoms with Crippen molar-refractivity contribution in [1.82, 2.24) is 0 Å². The summed E-state index contributed by atoms with van der Waals surface area (Å²) in [5, 5.41) is 0. The number of nitrogens with two attached hydrogens (primary N) is 1. The van der Waals surface area contributed by atoms with Gasteiger partial charge in [-0.2, -0.15) is 0 Å². The second-order valence-corrected chi connectivity index (χ2v) is 3.27. The second-order valence-electron chi connectivity index (χ2n) is 3.27. The summed E-state index contributed by atoms with van der Waals surface area (Å²) in [4.78, 5) is 11.1. The zero-order valence-electron chi connectivity index (χ0n) is 8.16. The maximum Gasteiger partial charge on any atom is 0.225 e. The molecule has 0 aliphatic heterocycles. The number of carbonyl (C=O) groups excluding carboxylic acids is 1. The summed E-state index contributed by atoms with van der Waals surface area (Å²) in [5.74, 6) is -1.32. The molecule has 1 unspecified atom stereocenters. The SMILES string of the molecule is CCCC(C(N)=O)c1ccccc1F. The van der Waals surface area contributed by atoms with E-state index in [2.05, 4.69) is 0 Å². The van der Waals surface area contributed by atoms with E-state index in [0.29, 0.717) is 12.0 Å². The van der Waals surface area contributed by atoms with Gasteiger partial charge in [0.2, 0.25) is 5.91 Å². The van der Waals surface area contributed by atoms with Crippen LogP contribution in [0.1, 0.15) is 31.2 Å². The van der Waals surface area contributed by atoms with Gasteiger partial charge in [0.25, 0.3) is 0 Å². The molecule has 0 radical (unpaired) electrons. The van der Waals surface area contributed by atoms with E-state index >= 15 is 0 Å². The molecule has 1 aromatic carbocycles. The van der Waals surface area contributed by atoms with Crippen molar-refractivity contribution in [3.63, 3.8) is 0 Å². The van der Waals surface area contributed by atoms with Crippen LogP contribution < -0.4 is 5.73 Å². The van der Waals surface area contributed by atoms with Gasteiger partial charge in [0.05, 0.1) is 5.92 Å². The van der Waals surface area contributed by atoms with Crippen LogP contribution in [0.15, 0.2) is 24.3 Å². The molecule has 0 bridgehead atoms. The maximum absolute atomic E-state index is 13.3. The lowest BCUT2D eigenvalue weighted by atomic mass is 9.93. The van der Waals surface area contributed by atoms with Gasteiger partial charge >= 0.3 is 0 Å². The van der Waals surface area contributed by atoms with Gasteiger partial charge in [0, 0.05) is 5.56 Å². The Morgan fingerprint density at radius 1 is 1.50 bits per heavy atom. The highest BCUT2D eigenvalue weighted by Crippen LogP contribution is 2.23. The number of rotatable bonds is 4. The first-order valence-corrected chi connectivity index (χ1v) is 4.70. The normalized spacial score (nSPS) is 12.4. The highest BCUT2D eigenvalue weighted by atomic mass is 19.1. The van der Waals surface area contributed by atoms with Gasteiger partial charge in [-0.05, 0) is 12.5 Å². The molecule has 2 nitrogen and oxygen atoms in total. The van der Waals surface area contributed by atoms with Crippen molar-refractivity contribution in [1.29, 1.82) is 0 Å². The molecule has 1 rings (SSSR count). The Labute approximate surface area is 82.9 Å². The quantitative estimate of drug-likeness (QED) is 0.786. The Kier molecular flexibility index (Phi) is 3.63. The smallest absolute Gasteiger partial charge is 0.225 e. The van der Waals surface area contributed by atoms with Crippen LogP contribution in [0.25, 0.3) is 0 Å². The minimum Gasteiger partial charge on any atom is -0.369 e. The molecule has 2 N–H and O–H groups in total. The van der Waals surface area contributed by atoms with E-state index in [-0.39, 0.29) is 5.82 Å². The van der Waals surface area contributed by atoms with Crippen molar-refractivity contribution in [3.8, 4) is 0 Å². The second kappa shape index (κ2) is 4.74. The topological polar surface area (TPSA) is 43.1 Å². The van der Waals surface area contributed by atoms with E-state index in [9.17, 15) is 9.18 Å². The summed E-state index contributed by atoms with van der Waals surface area (Å²) in [6.45, 7) is 1.94. The average Bonchev–Trinajstić information content (AvgIpc) is 2.15. The van der Waals surface area contributed by atoms with Gasteiger partial charge in [-0.1, -0.05) is 31.5 Å². The van der Waals surface area contributed by atoms with Gasteiger partial charge in [0.1, 0.15) is 5.82 Å². The van der Waals surface area contributed by atoms with Crippen LogP contribution in [0, 0.1) is 5.82 Å². The van der Waals surface area contributed by atoms with Crippen molar-refractivity contribution < 1.29 is 9.18 Å². The monoisotopic (exact) mass is 195 g/mol. The fraction of sp³-hybridized carbons (Fsp3) is 0.364. The predicted molar refractivity (Wildman–Crippen MR) is 53.2 cm³/mol. The van der Waals surface area contributed by atoms with Crippen LogP contribution >= 0.6 is 0 Å². The Bertz CT molecular complexity index is 325. The van der Waals surface area contributed by atoms with Crippen LogP contribution in [0.4, 0.5) is 4.39 Å². The molecule has 0 aliphatic rings. The first-order valence-electron chi connectivity index (χ1n) is 4.70. The van der Waals surface area contributed by atoms with Gasteiger partial charge in [0.15, 0.2) is 0 Å². The molecule has 0 fully saturated rings. The standard InChI is InChI=1S/C11H14FNO/c1-2-5-9(11(13)14)8-6-3-4-7-10(8)12/h3-4,6-7,9H,2,5H2,1H3,(H2,13,14). The van der Waals surface area contributed by atoms with Crippen LogP contribution in [0.2, 0.25) is 0 Å². The zero-order valence-corrected chi connectivity index (χ0v) is 8.16. The third kappa shape index (κ3) is 2.31. The van der Waals surface area contributed by atoms with Crippen LogP contribution in [0.5, 0.6) is 0 Å². The Morgan fingerprint density at radius 2 is 2.14 bits per heavy atom. The number of carbonyl (C=O) groups is 1. The first-order chi connectivity index (χ1) is 6.66. The molecule has 0 heterocycles. The highest BCUT2D eigenvalue weighted by Gasteiger charge is 2.19. The molecule has 1 aromatic rings. The third-order valence-electron chi connectivity index (χ3n) is 2.20. The Morgan fingerprint density at radius 3 is 2.64 bits per heavy atom. The van der Waals surface area contributed by atoms with Crippen molar-refractivity contribution in [3.05, 3.63) is 35.6 Å². The third-order valence-corrected chi connectivity index (χ3v) is 2.20. The molecule has 1 atom stereocenters. The highest BCUT2D eigenvalue weighted by molar-refractivity contribution is 5.81. The lowest BCUT2D eigenvalue weighted by Crippen LogP contribution is -2.22. The molecule has 0 aromatic heterocycles. The molecular weight excluding hydrogens is 181 g/mol. The molecule has 76 valence electrons. The number of halogens is 1. The van der Waals surface area contributed by atoms with Crippen LogP contribution in [-0.2, 0) is 4.79 Å². The molecule has 1 amide bonds. The van der Waals surface area contributed by atoms with E-state index in [1.807, 2.05) is 6.92 Å². The molecule has 0 saturated carbocycles. The lowest BCUT2D eigenvalue weighted by molar-refractivity contribution is -0.119. The molecular formula is C11H14FNO. The van der Waals surface area contributed by atoms with Crippen LogP contribution in [0.3, 0.4) is 0 Å². The minimum atomic E-state index is -0.499. The largest absolute Gasteiger partial charge is 0.369 e. The fourth-order valence-corrected chi connectivity index (χ4v) is 1.50. The number of benzene rings is 1.